The molecule has 1 saturated heterocycles. The fourth-order valence-electron chi connectivity index (χ4n) is 5.40. The lowest BCUT2D eigenvalue weighted by atomic mass is 9.89. The van der Waals surface area contributed by atoms with Crippen LogP contribution < -0.4 is 5.32 Å². The summed E-state index contributed by atoms with van der Waals surface area (Å²) >= 11 is 0. The predicted molar refractivity (Wildman–Crippen MR) is 109 cm³/mol. The third-order valence-electron chi connectivity index (χ3n) is 6.66. The number of hydrogen-bond donors (Lipinski definition) is 1. The van der Waals surface area contributed by atoms with Crippen molar-refractivity contribution in [2.45, 2.75) is 58.4 Å². The number of nitrogens with one attached hydrogen (secondary N) is 1. The minimum atomic E-state index is -0.129. The van der Waals surface area contributed by atoms with Crippen LogP contribution in [-0.4, -0.2) is 30.2 Å². The monoisotopic (exact) mass is 368 g/mol. The second-order valence-corrected chi connectivity index (χ2v) is 8.30. The van der Waals surface area contributed by atoms with Gasteiger partial charge in [0.15, 0.2) is 0 Å². The van der Waals surface area contributed by atoms with Gasteiger partial charge in [-0.3, -0.25) is 4.79 Å². The highest BCUT2D eigenvalue weighted by atomic mass is 16.5. The van der Waals surface area contributed by atoms with Gasteiger partial charge in [-0.1, -0.05) is 43.9 Å². The van der Waals surface area contributed by atoms with Crippen molar-refractivity contribution in [3.05, 3.63) is 35.5 Å². The van der Waals surface area contributed by atoms with Gasteiger partial charge >= 0.3 is 5.97 Å². The van der Waals surface area contributed by atoms with Crippen molar-refractivity contribution in [1.82, 2.24) is 9.88 Å². The van der Waals surface area contributed by atoms with E-state index in [1.807, 2.05) is 6.92 Å². The van der Waals surface area contributed by atoms with E-state index in [2.05, 4.69) is 41.1 Å². The molecule has 2 aromatic rings. The maximum atomic E-state index is 12.2. The summed E-state index contributed by atoms with van der Waals surface area (Å²) in [4.78, 5) is 12.2. The van der Waals surface area contributed by atoms with Gasteiger partial charge in [0.2, 0.25) is 0 Å². The number of benzene rings is 1. The van der Waals surface area contributed by atoms with Crippen LogP contribution in [0.3, 0.4) is 0 Å². The van der Waals surface area contributed by atoms with E-state index in [1.165, 1.54) is 48.7 Å². The number of para-hydroxylation sites is 1. The van der Waals surface area contributed by atoms with Crippen LogP contribution in [0.2, 0.25) is 0 Å². The molecule has 0 unspecified atom stereocenters. The van der Waals surface area contributed by atoms with Gasteiger partial charge in [-0.05, 0) is 43.7 Å². The molecule has 27 heavy (non-hydrogen) atoms. The van der Waals surface area contributed by atoms with Crippen molar-refractivity contribution in [2.75, 3.05) is 19.7 Å². The van der Waals surface area contributed by atoms with Crippen molar-refractivity contribution < 1.29 is 9.53 Å². The molecule has 1 aliphatic heterocycles. The summed E-state index contributed by atoms with van der Waals surface area (Å²) in [6.45, 7) is 6.62. The fourth-order valence-corrected chi connectivity index (χ4v) is 5.40. The molecule has 146 valence electrons. The second kappa shape index (κ2) is 8.05. The van der Waals surface area contributed by atoms with E-state index < -0.39 is 0 Å². The lowest BCUT2D eigenvalue weighted by Gasteiger charge is -2.25. The average Bonchev–Trinajstić information content (AvgIpc) is 3.38. The Morgan fingerprint density at radius 3 is 2.78 bits per heavy atom. The Morgan fingerprint density at radius 2 is 2.00 bits per heavy atom. The fraction of sp³-hybridized carbons (Fsp3) is 0.609. The van der Waals surface area contributed by atoms with Crippen LogP contribution in [-0.2, 0) is 16.0 Å². The lowest BCUT2D eigenvalue weighted by Crippen LogP contribution is -2.21. The normalized spacial score (nSPS) is 23.3. The molecular weight excluding hydrogens is 336 g/mol. The number of fused-ring (bicyclic) bond motifs is 1. The Bertz CT molecular complexity index is 804. The molecular formula is C23H32N2O2. The first-order valence-electron chi connectivity index (χ1n) is 10.6. The van der Waals surface area contributed by atoms with Crippen molar-refractivity contribution >= 4 is 16.9 Å². The zero-order chi connectivity index (χ0) is 18.8. The highest BCUT2D eigenvalue weighted by molar-refractivity contribution is 5.89. The number of nitrogens with zero attached hydrogens (tertiary/aromatic N) is 1. The number of carbonyl (C=O) groups excluding carboxylic acids is 1. The molecule has 1 aliphatic carbocycles. The Morgan fingerprint density at radius 1 is 1.22 bits per heavy atom. The molecule has 4 nitrogen and oxygen atoms in total. The van der Waals surface area contributed by atoms with E-state index in [0.29, 0.717) is 25.0 Å². The Hall–Kier alpha value is -1.81. The van der Waals surface area contributed by atoms with Crippen LogP contribution in [0.5, 0.6) is 0 Å². The van der Waals surface area contributed by atoms with Crippen LogP contribution in [0.25, 0.3) is 10.9 Å². The molecule has 4 heteroatoms. The molecule has 1 saturated carbocycles. The number of aromatic nitrogens is 1. The van der Waals surface area contributed by atoms with Gasteiger partial charge in [0.1, 0.15) is 0 Å². The second-order valence-electron chi connectivity index (χ2n) is 8.30. The maximum absolute atomic E-state index is 12.2. The molecule has 2 fully saturated rings. The molecule has 1 N–H and O–H groups in total. The minimum absolute atomic E-state index is 0.129. The standard InChI is InChI=1S/C23H32N2O2/c1-3-27-23(26)13-20-16(2)25(21-11-7-6-10-19(20)21)22-15-24-14-18(22)12-17-8-4-5-9-17/h6-7,10-11,17-18,22,24H,3-5,8-9,12-15H2,1-2H3/t18-,22+/m1/s1. The molecule has 4 rings (SSSR count). The topological polar surface area (TPSA) is 43.3 Å². The van der Waals surface area contributed by atoms with Crippen molar-refractivity contribution in [1.29, 1.82) is 0 Å². The Labute approximate surface area is 162 Å². The molecule has 2 heterocycles. The summed E-state index contributed by atoms with van der Waals surface area (Å²) < 4.78 is 7.75. The van der Waals surface area contributed by atoms with E-state index in [-0.39, 0.29) is 5.97 Å². The van der Waals surface area contributed by atoms with Crippen LogP contribution in [0.15, 0.2) is 24.3 Å². The maximum Gasteiger partial charge on any atom is 0.310 e. The summed E-state index contributed by atoms with van der Waals surface area (Å²) in [5.41, 5.74) is 3.63. The molecule has 0 spiro atoms. The van der Waals surface area contributed by atoms with E-state index in [1.54, 1.807) is 0 Å². The number of rotatable bonds is 6. The number of esters is 1. The smallest absolute Gasteiger partial charge is 0.310 e. The summed E-state index contributed by atoms with van der Waals surface area (Å²) in [5, 5.41) is 4.85. The van der Waals surface area contributed by atoms with E-state index in [9.17, 15) is 4.79 Å². The summed E-state index contributed by atoms with van der Waals surface area (Å²) in [5.74, 6) is 1.45. The van der Waals surface area contributed by atoms with Crippen LogP contribution in [0.4, 0.5) is 0 Å². The quantitative estimate of drug-likeness (QED) is 0.769. The molecule has 1 aromatic carbocycles. The zero-order valence-electron chi connectivity index (χ0n) is 16.7. The van der Waals surface area contributed by atoms with E-state index >= 15 is 0 Å². The first kappa shape index (κ1) is 18.5. The van der Waals surface area contributed by atoms with Gasteiger partial charge < -0.3 is 14.6 Å². The molecule has 0 bridgehead atoms. The van der Waals surface area contributed by atoms with E-state index in [4.69, 9.17) is 4.74 Å². The first-order valence-corrected chi connectivity index (χ1v) is 10.6. The van der Waals surface area contributed by atoms with Gasteiger partial charge in [-0.25, -0.2) is 0 Å². The number of hydrogen-bond acceptors (Lipinski definition) is 3. The predicted octanol–water partition coefficient (Wildman–Crippen LogP) is 4.40. The third kappa shape index (κ3) is 3.64. The third-order valence-corrected chi connectivity index (χ3v) is 6.66. The highest BCUT2D eigenvalue weighted by Crippen LogP contribution is 2.39. The number of ether oxygens (including phenoxy) is 1. The molecule has 1 aromatic heterocycles. The van der Waals surface area contributed by atoms with Gasteiger partial charge in [-0.15, -0.1) is 0 Å². The van der Waals surface area contributed by atoms with E-state index in [0.717, 1.165) is 24.6 Å². The molecule has 2 aliphatic rings. The van der Waals surface area contributed by atoms with Gasteiger partial charge in [-0.2, -0.15) is 0 Å². The summed E-state index contributed by atoms with van der Waals surface area (Å²) in [6.07, 6.45) is 7.32. The number of carbonyl (C=O) groups is 1. The van der Waals surface area contributed by atoms with Crippen LogP contribution >= 0.6 is 0 Å². The van der Waals surface area contributed by atoms with Crippen molar-refractivity contribution in [2.24, 2.45) is 11.8 Å². The van der Waals surface area contributed by atoms with Gasteiger partial charge in [0.25, 0.3) is 0 Å². The van der Waals surface area contributed by atoms with Gasteiger partial charge in [0.05, 0.1) is 19.1 Å². The summed E-state index contributed by atoms with van der Waals surface area (Å²) in [7, 11) is 0. The average molecular weight is 369 g/mol. The van der Waals surface area contributed by atoms with Crippen molar-refractivity contribution in [3.63, 3.8) is 0 Å². The Balaban J connectivity index is 1.68. The minimum Gasteiger partial charge on any atom is -0.466 e. The highest BCUT2D eigenvalue weighted by Gasteiger charge is 2.33. The molecule has 2 atom stereocenters. The van der Waals surface area contributed by atoms with Gasteiger partial charge in [0, 0.05) is 29.7 Å². The largest absolute Gasteiger partial charge is 0.466 e. The summed E-state index contributed by atoms with van der Waals surface area (Å²) in [6, 6.07) is 9.03. The SMILES string of the molecule is CCOC(=O)Cc1c(C)n([C@H]2CNC[C@H]2CC2CCCC2)c2ccccc12. The zero-order valence-corrected chi connectivity index (χ0v) is 16.7. The molecule has 0 amide bonds. The molecule has 0 radical (unpaired) electrons. The first-order chi connectivity index (χ1) is 13.2. The Kier molecular flexibility index (Phi) is 5.53. The van der Waals surface area contributed by atoms with Crippen molar-refractivity contribution in [3.8, 4) is 0 Å². The van der Waals surface area contributed by atoms with Crippen LogP contribution in [0.1, 0.15) is 56.3 Å². The lowest BCUT2D eigenvalue weighted by molar-refractivity contribution is -0.142. The van der Waals surface area contributed by atoms with Crippen LogP contribution in [0, 0.1) is 18.8 Å².